The highest BCUT2D eigenvalue weighted by Gasteiger charge is 2.02. The third kappa shape index (κ3) is 2.10. The average Bonchev–Trinajstić information content (AvgIpc) is 2.22. The minimum absolute atomic E-state index is 0.369. The molecule has 15 heavy (non-hydrogen) atoms. The summed E-state index contributed by atoms with van der Waals surface area (Å²) >= 11 is 5.92. The summed E-state index contributed by atoms with van der Waals surface area (Å²) in [6, 6.07) is 10.0. The Morgan fingerprint density at radius 2 is 2.00 bits per heavy atom. The molecule has 0 bridgehead atoms. The van der Waals surface area contributed by atoms with Gasteiger partial charge in [-0.2, -0.15) is 0 Å². The average molecular weight is 219 g/mol. The third-order valence-corrected chi connectivity index (χ3v) is 2.52. The molecule has 2 N–H and O–H groups in total. The van der Waals surface area contributed by atoms with Crippen molar-refractivity contribution in [2.45, 2.75) is 6.92 Å². The van der Waals surface area contributed by atoms with E-state index in [-0.39, 0.29) is 0 Å². The molecule has 0 unspecified atom stereocenters. The van der Waals surface area contributed by atoms with Crippen LogP contribution >= 0.6 is 11.6 Å². The molecule has 0 fully saturated rings. The normalized spacial score (nSPS) is 10.3. The van der Waals surface area contributed by atoms with Gasteiger partial charge in [-0.1, -0.05) is 41.4 Å². The van der Waals surface area contributed by atoms with Crippen LogP contribution in [-0.2, 0) is 0 Å². The Hall–Kier alpha value is -1.54. The number of nitrogens with zero attached hydrogens (tertiary/aromatic N) is 1. The monoisotopic (exact) mass is 218 g/mol. The Labute approximate surface area is 93.7 Å². The number of hydrogen-bond acceptors (Lipinski definition) is 2. The Bertz CT molecular complexity index is 495. The van der Waals surface area contributed by atoms with Crippen molar-refractivity contribution < 1.29 is 0 Å². The van der Waals surface area contributed by atoms with E-state index in [0.717, 1.165) is 11.1 Å². The summed E-state index contributed by atoms with van der Waals surface area (Å²) < 4.78 is 0. The number of benzene rings is 1. The van der Waals surface area contributed by atoms with Crippen molar-refractivity contribution in [3.8, 4) is 11.1 Å². The Kier molecular flexibility index (Phi) is 2.60. The van der Waals surface area contributed by atoms with E-state index in [4.69, 9.17) is 17.3 Å². The summed E-state index contributed by atoms with van der Waals surface area (Å²) in [7, 11) is 0. The number of aryl methyl sites for hydroxylation is 1. The first-order chi connectivity index (χ1) is 7.16. The standard InChI is InChI=1S/C12H11ClN2/c1-8-3-2-4-9(5-8)10-6-11(13)12(14)15-7-10/h2-7H,1H3,(H2,14,15). The number of anilines is 1. The molecule has 3 heteroatoms. The molecular formula is C12H11ClN2. The number of nitrogens with two attached hydrogens (primary N) is 1. The fourth-order valence-electron chi connectivity index (χ4n) is 1.43. The SMILES string of the molecule is Cc1cccc(-c2cnc(N)c(Cl)c2)c1. The van der Waals surface area contributed by atoms with Crippen LogP contribution in [0.2, 0.25) is 5.02 Å². The molecule has 1 aromatic carbocycles. The molecule has 0 saturated heterocycles. The molecule has 0 saturated carbocycles. The maximum absolute atomic E-state index is 5.92. The molecule has 0 radical (unpaired) electrons. The van der Waals surface area contributed by atoms with Crippen molar-refractivity contribution in [2.24, 2.45) is 0 Å². The van der Waals surface area contributed by atoms with Gasteiger partial charge in [-0.05, 0) is 18.6 Å². The minimum atomic E-state index is 0.369. The lowest BCUT2D eigenvalue weighted by Gasteiger charge is -2.04. The van der Waals surface area contributed by atoms with Gasteiger partial charge in [0.15, 0.2) is 0 Å². The van der Waals surface area contributed by atoms with Crippen LogP contribution in [0.3, 0.4) is 0 Å². The summed E-state index contributed by atoms with van der Waals surface area (Å²) in [4.78, 5) is 4.03. The molecule has 2 nitrogen and oxygen atoms in total. The quantitative estimate of drug-likeness (QED) is 0.798. The van der Waals surface area contributed by atoms with Crippen molar-refractivity contribution in [3.05, 3.63) is 47.1 Å². The first kappa shape index (κ1) is 9.99. The number of nitrogen functional groups attached to an aromatic ring is 1. The number of rotatable bonds is 1. The second-order valence-corrected chi connectivity index (χ2v) is 3.87. The van der Waals surface area contributed by atoms with Crippen molar-refractivity contribution in [1.82, 2.24) is 4.98 Å². The van der Waals surface area contributed by atoms with Crippen molar-refractivity contribution in [1.29, 1.82) is 0 Å². The Balaban J connectivity index is 2.50. The maximum atomic E-state index is 5.92. The van der Waals surface area contributed by atoms with Crippen molar-refractivity contribution in [2.75, 3.05) is 5.73 Å². The van der Waals surface area contributed by atoms with Crippen LogP contribution in [0.4, 0.5) is 5.82 Å². The molecule has 2 aromatic rings. The molecule has 76 valence electrons. The van der Waals surface area contributed by atoms with E-state index in [1.165, 1.54) is 5.56 Å². The van der Waals surface area contributed by atoms with Crippen LogP contribution in [0.15, 0.2) is 36.5 Å². The maximum Gasteiger partial charge on any atom is 0.142 e. The predicted molar refractivity (Wildman–Crippen MR) is 63.8 cm³/mol. The first-order valence-corrected chi connectivity index (χ1v) is 5.02. The van der Waals surface area contributed by atoms with Crippen molar-refractivity contribution >= 4 is 17.4 Å². The molecule has 0 aliphatic carbocycles. The zero-order valence-electron chi connectivity index (χ0n) is 8.37. The van der Waals surface area contributed by atoms with Crippen LogP contribution in [0.25, 0.3) is 11.1 Å². The molecule has 1 heterocycles. The van der Waals surface area contributed by atoms with E-state index >= 15 is 0 Å². The lowest BCUT2D eigenvalue weighted by atomic mass is 10.1. The summed E-state index contributed by atoms with van der Waals surface area (Å²) in [6.45, 7) is 2.05. The van der Waals surface area contributed by atoms with E-state index in [1.54, 1.807) is 6.20 Å². The van der Waals surface area contributed by atoms with Gasteiger partial charge in [-0.15, -0.1) is 0 Å². The van der Waals surface area contributed by atoms with Crippen molar-refractivity contribution in [3.63, 3.8) is 0 Å². The lowest BCUT2D eigenvalue weighted by molar-refractivity contribution is 1.33. The van der Waals surface area contributed by atoms with Crippen LogP contribution in [0.1, 0.15) is 5.56 Å². The number of pyridine rings is 1. The number of aromatic nitrogens is 1. The summed E-state index contributed by atoms with van der Waals surface area (Å²) in [5, 5.41) is 0.494. The Morgan fingerprint density at radius 1 is 1.20 bits per heavy atom. The topological polar surface area (TPSA) is 38.9 Å². The van der Waals surface area contributed by atoms with E-state index in [2.05, 4.69) is 24.0 Å². The van der Waals surface area contributed by atoms with Gasteiger partial charge in [0.1, 0.15) is 5.82 Å². The summed E-state index contributed by atoms with van der Waals surface area (Å²) in [5.74, 6) is 0.369. The predicted octanol–water partition coefficient (Wildman–Crippen LogP) is 3.29. The van der Waals surface area contributed by atoms with E-state index < -0.39 is 0 Å². The highest BCUT2D eigenvalue weighted by Crippen LogP contribution is 2.25. The molecule has 0 aliphatic heterocycles. The van der Waals surface area contributed by atoms with Gasteiger partial charge in [0.05, 0.1) is 5.02 Å². The van der Waals surface area contributed by atoms with Crippen LogP contribution in [0, 0.1) is 6.92 Å². The molecular weight excluding hydrogens is 208 g/mol. The lowest BCUT2D eigenvalue weighted by Crippen LogP contribution is -1.91. The van der Waals surface area contributed by atoms with Gasteiger partial charge >= 0.3 is 0 Å². The van der Waals surface area contributed by atoms with Crippen LogP contribution in [0.5, 0.6) is 0 Å². The summed E-state index contributed by atoms with van der Waals surface area (Å²) in [5.41, 5.74) is 8.85. The molecule has 0 spiro atoms. The highest BCUT2D eigenvalue weighted by molar-refractivity contribution is 6.33. The minimum Gasteiger partial charge on any atom is -0.382 e. The molecule has 0 amide bonds. The molecule has 0 atom stereocenters. The number of hydrogen-bond donors (Lipinski definition) is 1. The van der Waals surface area contributed by atoms with Gasteiger partial charge in [-0.3, -0.25) is 0 Å². The largest absolute Gasteiger partial charge is 0.382 e. The van der Waals surface area contributed by atoms with E-state index in [9.17, 15) is 0 Å². The van der Waals surface area contributed by atoms with Gasteiger partial charge in [-0.25, -0.2) is 4.98 Å². The Morgan fingerprint density at radius 3 is 2.67 bits per heavy atom. The van der Waals surface area contributed by atoms with Gasteiger partial charge in [0.25, 0.3) is 0 Å². The molecule has 1 aromatic heterocycles. The van der Waals surface area contributed by atoms with E-state index in [0.29, 0.717) is 10.8 Å². The third-order valence-electron chi connectivity index (χ3n) is 2.22. The van der Waals surface area contributed by atoms with E-state index in [1.807, 2.05) is 18.2 Å². The van der Waals surface area contributed by atoms with Gasteiger partial charge in [0.2, 0.25) is 0 Å². The van der Waals surface area contributed by atoms with Crippen LogP contribution < -0.4 is 5.73 Å². The number of halogens is 1. The van der Waals surface area contributed by atoms with Crippen LogP contribution in [-0.4, -0.2) is 4.98 Å². The first-order valence-electron chi connectivity index (χ1n) is 4.65. The smallest absolute Gasteiger partial charge is 0.142 e. The van der Waals surface area contributed by atoms with Gasteiger partial charge in [0, 0.05) is 11.8 Å². The zero-order valence-corrected chi connectivity index (χ0v) is 9.12. The van der Waals surface area contributed by atoms with Gasteiger partial charge < -0.3 is 5.73 Å². The highest BCUT2D eigenvalue weighted by atomic mass is 35.5. The molecule has 0 aliphatic rings. The second kappa shape index (κ2) is 3.91. The fraction of sp³-hybridized carbons (Fsp3) is 0.0833. The fourth-order valence-corrected chi connectivity index (χ4v) is 1.60. The summed E-state index contributed by atoms with van der Waals surface area (Å²) in [6.07, 6.45) is 1.73. The molecule has 2 rings (SSSR count). The zero-order chi connectivity index (χ0) is 10.8. The second-order valence-electron chi connectivity index (χ2n) is 3.46.